The average molecular weight is 275 g/mol. The van der Waals surface area contributed by atoms with Crippen LogP contribution in [-0.2, 0) is 11.3 Å². The van der Waals surface area contributed by atoms with Gasteiger partial charge < -0.3 is 10.6 Å². The molecule has 0 radical (unpaired) electrons. The van der Waals surface area contributed by atoms with Crippen LogP contribution in [0.25, 0.3) is 0 Å². The number of nitrogens with zero attached hydrogens (tertiary/aromatic N) is 1. The lowest BCUT2D eigenvalue weighted by Gasteiger charge is -2.05. The van der Waals surface area contributed by atoms with Crippen LogP contribution in [0.5, 0.6) is 0 Å². The van der Waals surface area contributed by atoms with E-state index in [2.05, 4.69) is 15.6 Å². The summed E-state index contributed by atoms with van der Waals surface area (Å²) in [6.07, 6.45) is 0. The van der Waals surface area contributed by atoms with E-state index in [9.17, 15) is 4.79 Å². The van der Waals surface area contributed by atoms with Gasteiger partial charge in [0.25, 0.3) is 0 Å². The Labute approximate surface area is 116 Å². The second-order valence-electron chi connectivity index (χ2n) is 4.28. The van der Waals surface area contributed by atoms with Gasteiger partial charge in [-0.05, 0) is 19.4 Å². The number of hydrogen-bond acceptors (Lipinski definition) is 4. The highest BCUT2D eigenvalue weighted by atomic mass is 32.1. The van der Waals surface area contributed by atoms with Crippen molar-refractivity contribution in [2.45, 2.75) is 20.4 Å². The lowest BCUT2D eigenvalue weighted by molar-refractivity contribution is -0.119. The number of aromatic nitrogens is 1. The van der Waals surface area contributed by atoms with E-state index in [1.807, 2.05) is 44.2 Å². The van der Waals surface area contributed by atoms with Crippen LogP contribution in [0.15, 0.2) is 30.3 Å². The Kier molecular flexibility index (Phi) is 4.52. The number of nitrogens with one attached hydrogen (secondary N) is 2. The van der Waals surface area contributed by atoms with Gasteiger partial charge in [-0.25, -0.2) is 4.98 Å². The predicted octanol–water partition coefficient (Wildman–Crippen LogP) is 2.49. The summed E-state index contributed by atoms with van der Waals surface area (Å²) >= 11 is 1.57. The second-order valence-corrected chi connectivity index (χ2v) is 5.48. The van der Waals surface area contributed by atoms with E-state index < -0.39 is 0 Å². The Hall–Kier alpha value is -1.88. The molecule has 0 unspecified atom stereocenters. The molecule has 0 bridgehead atoms. The van der Waals surface area contributed by atoms with Crippen LogP contribution in [0.1, 0.15) is 16.1 Å². The molecule has 2 aromatic rings. The molecule has 1 heterocycles. The smallest absolute Gasteiger partial charge is 0.239 e. The maximum absolute atomic E-state index is 11.7. The molecule has 0 aliphatic heterocycles. The first-order valence-electron chi connectivity index (χ1n) is 6.13. The minimum absolute atomic E-state index is 0.0330. The summed E-state index contributed by atoms with van der Waals surface area (Å²) in [5, 5.41) is 6.70. The number of anilines is 1. The van der Waals surface area contributed by atoms with Gasteiger partial charge >= 0.3 is 0 Å². The lowest BCUT2D eigenvalue weighted by Crippen LogP contribution is -2.29. The van der Waals surface area contributed by atoms with Crippen molar-refractivity contribution >= 4 is 22.4 Å². The fraction of sp³-hybridized carbons (Fsp3) is 0.286. The van der Waals surface area contributed by atoms with Crippen LogP contribution in [0, 0.1) is 13.8 Å². The third-order valence-electron chi connectivity index (χ3n) is 2.76. The first-order valence-corrected chi connectivity index (χ1v) is 6.95. The third kappa shape index (κ3) is 4.06. The number of rotatable bonds is 5. The van der Waals surface area contributed by atoms with Gasteiger partial charge in [-0.3, -0.25) is 4.79 Å². The molecule has 2 N–H and O–H groups in total. The normalized spacial score (nSPS) is 10.2. The average Bonchev–Trinajstić information content (AvgIpc) is 2.74. The van der Waals surface area contributed by atoms with Crippen molar-refractivity contribution in [3.8, 4) is 0 Å². The zero-order valence-electron chi connectivity index (χ0n) is 11.1. The van der Waals surface area contributed by atoms with E-state index in [1.54, 1.807) is 11.3 Å². The highest BCUT2D eigenvalue weighted by molar-refractivity contribution is 7.15. The monoisotopic (exact) mass is 275 g/mol. The minimum Gasteiger partial charge on any atom is -0.352 e. The van der Waals surface area contributed by atoms with Gasteiger partial charge in [-0.2, -0.15) is 0 Å². The van der Waals surface area contributed by atoms with E-state index in [-0.39, 0.29) is 12.5 Å². The summed E-state index contributed by atoms with van der Waals surface area (Å²) in [5.74, 6) is -0.0330. The second kappa shape index (κ2) is 6.33. The van der Waals surface area contributed by atoms with E-state index in [0.717, 1.165) is 16.4 Å². The maximum atomic E-state index is 11.7. The van der Waals surface area contributed by atoms with Crippen molar-refractivity contribution < 1.29 is 4.79 Å². The molecule has 1 aromatic carbocycles. The predicted molar refractivity (Wildman–Crippen MR) is 78.4 cm³/mol. The molecule has 0 saturated carbocycles. The van der Waals surface area contributed by atoms with Crippen molar-refractivity contribution in [3.05, 3.63) is 46.5 Å². The Bertz CT molecular complexity index is 532. The number of hydrogen-bond donors (Lipinski definition) is 2. The topological polar surface area (TPSA) is 54.0 Å². The first-order chi connectivity index (χ1) is 9.15. The Balaban J connectivity index is 1.76. The third-order valence-corrected chi connectivity index (χ3v) is 3.79. The molecule has 0 atom stereocenters. The number of amides is 1. The van der Waals surface area contributed by atoms with E-state index in [1.165, 1.54) is 4.88 Å². The van der Waals surface area contributed by atoms with Gasteiger partial charge in [0.15, 0.2) is 5.13 Å². The van der Waals surface area contributed by atoms with E-state index >= 15 is 0 Å². The first kappa shape index (κ1) is 13.5. The highest BCUT2D eigenvalue weighted by Gasteiger charge is 2.05. The van der Waals surface area contributed by atoms with Crippen molar-refractivity contribution in [2.24, 2.45) is 0 Å². The molecule has 0 aliphatic carbocycles. The van der Waals surface area contributed by atoms with Crippen molar-refractivity contribution in [3.63, 3.8) is 0 Å². The number of carbonyl (C=O) groups excluding carboxylic acids is 1. The van der Waals surface area contributed by atoms with Crippen LogP contribution in [0.2, 0.25) is 0 Å². The van der Waals surface area contributed by atoms with Crippen LogP contribution in [0.4, 0.5) is 5.13 Å². The summed E-state index contributed by atoms with van der Waals surface area (Å²) in [6, 6.07) is 9.85. The number of aryl methyl sites for hydroxylation is 2. The van der Waals surface area contributed by atoms with Gasteiger partial charge in [0.2, 0.25) is 5.91 Å². The molecule has 0 fully saturated rings. The molecule has 1 aromatic heterocycles. The number of thiazole rings is 1. The summed E-state index contributed by atoms with van der Waals surface area (Å²) in [5.41, 5.74) is 2.11. The zero-order valence-corrected chi connectivity index (χ0v) is 11.9. The fourth-order valence-corrected chi connectivity index (χ4v) is 2.37. The van der Waals surface area contributed by atoms with Crippen molar-refractivity contribution in [2.75, 3.05) is 11.9 Å². The molecular weight excluding hydrogens is 258 g/mol. The molecule has 100 valence electrons. The molecule has 19 heavy (non-hydrogen) atoms. The van der Waals surface area contributed by atoms with Gasteiger partial charge in [0.05, 0.1) is 12.2 Å². The minimum atomic E-state index is -0.0330. The maximum Gasteiger partial charge on any atom is 0.239 e. The summed E-state index contributed by atoms with van der Waals surface area (Å²) in [4.78, 5) is 17.2. The fourth-order valence-electron chi connectivity index (χ4n) is 1.56. The van der Waals surface area contributed by atoms with Crippen LogP contribution < -0.4 is 10.6 Å². The van der Waals surface area contributed by atoms with Gasteiger partial charge in [-0.15, -0.1) is 11.3 Å². The quantitative estimate of drug-likeness (QED) is 0.881. The standard InChI is InChI=1S/C14H17N3OS/c1-10-11(2)19-14(17-10)16-9-13(18)15-8-12-6-4-3-5-7-12/h3-7H,8-9H2,1-2H3,(H,15,18)(H,16,17). The summed E-state index contributed by atoms with van der Waals surface area (Å²) < 4.78 is 0. The van der Waals surface area contributed by atoms with E-state index in [0.29, 0.717) is 6.54 Å². The van der Waals surface area contributed by atoms with E-state index in [4.69, 9.17) is 0 Å². The summed E-state index contributed by atoms with van der Waals surface area (Å²) in [7, 11) is 0. The van der Waals surface area contributed by atoms with Gasteiger partial charge in [-0.1, -0.05) is 30.3 Å². The van der Waals surface area contributed by atoms with Crippen LogP contribution in [-0.4, -0.2) is 17.4 Å². The largest absolute Gasteiger partial charge is 0.352 e. The van der Waals surface area contributed by atoms with Crippen LogP contribution >= 0.6 is 11.3 Å². The molecule has 0 saturated heterocycles. The SMILES string of the molecule is Cc1nc(NCC(=O)NCc2ccccc2)sc1C. The molecule has 2 rings (SSSR count). The molecule has 0 aliphatic rings. The van der Waals surface area contributed by atoms with Crippen molar-refractivity contribution in [1.82, 2.24) is 10.3 Å². The molecular formula is C14H17N3OS. The molecule has 0 spiro atoms. The number of benzene rings is 1. The van der Waals surface area contributed by atoms with Crippen LogP contribution in [0.3, 0.4) is 0 Å². The van der Waals surface area contributed by atoms with Crippen molar-refractivity contribution in [1.29, 1.82) is 0 Å². The lowest BCUT2D eigenvalue weighted by atomic mass is 10.2. The number of carbonyl (C=O) groups is 1. The Morgan fingerprint density at radius 2 is 2.00 bits per heavy atom. The van der Waals surface area contributed by atoms with Gasteiger partial charge in [0, 0.05) is 11.4 Å². The highest BCUT2D eigenvalue weighted by Crippen LogP contribution is 2.20. The summed E-state index contributed by atoms with van der Waals surface area (Å²) in [6.45, 7) is 4.79. The molecule has 1 amide bonds. The van der Waals surface area contributed by atoms with Gasteiger partial charge in [0.1, 0.15) is 0 Å². The Morgan fingerprint density at radius 3 is 2.63 bits per heavy atom. The zero-order chi connectivity index (χ0) is 13.7. The Morgan fingerprint density at radius 1 is 1.26 bits per heavy atom. The molecule has 5 heteroatoms. The molecule has 4 nitrogen and oxygen atoms in total.